The number of alkyl halides is 7. The van der Waals surface area contributed by atoms with Crippen LogP contribution in [-0.4, -0.2) is 22.1 Å². The summed E-state index contributed by atoms with van der Waals surface area (Å²) in [4.78, 5) is 7.29. The van der Waals surface area contributed by atoms with Crippen molar-refractivity contribution in [1.29, 1.82) is 0 Å². The molecule has 0 unspecified atom stereocenters. The maximum atomic E-state index is 14.0. The van der Waals surface area contributed by atoms with Gasteiger partial charge in [-0.25, -0.2) is 9.97 Å². The van der Waals surface area contributed by atoms with Crippen LogP contribution < -0.4 is 0 Å². The van der Waals surface area contributed by atoms with Gasteiger partial charge in [-0.2, -0.15) is 30.7 Å². The number of hydrogen-bond acceptors (Lipinski definition) is 2. The van der Waals surface area contributed by atoms with E-state index in [1.165, 1.54) is 24.3 Å². The molecular weight excluding hydrogens is 353 g/mol. The summed E-state index contributed by atoms with van der Waals surface area (Å²) >= 11 is 0. The smallest absolute Gasteiger partial charge is 0.233 e. The van der Waals surface area contributed by atoms with Crippen molar-refractivity contribution >= 4 is 0 Å². The molecule has 1 heterocycles. The predicted octanol–water partition coefficient (Wildman–Crippen LogP) is 5.56. The van der Waals surface area contributed by atoms with Gasteiger partial charge in [0, 0.05) is 11.3 Å². The molecule has 0 N–H and O–H groups in total. The van der Waals surface area contributed by atoms with Crippen molar-refractivity contribution < 1.29 is 30.7 Å². The molecule has 0 bridgehead atoms. The second-order valence-electron chi connectivity index (χ2n) is 5.67. The number of nitrogens with zero attached hydrogens (tertiary/aromatic N) is 2. The highest BCUT2D eigenvalue weighted by molar-refractivity contribution is 5.55. The number of benzene rings is 1. The van der Waals surface area contributed by atoms with Crippen molar-refractivity contribution in [1.82, 2.24) is 9.97 Å². The topological polar surface area (TPSA) is 25.8 Å². The fourth-order valence-electron chi connectivity index (χ4n) is 1.98. The van der Waals surface area contributed by atoms with E-state index in [-0.39, 0.29) is 17.1 Å². The van der Waals surface area contributed by atoms with Crippen molar-refractivity contribution in [3.8, 4) is 11.4 Å². The molecule has 2 nitrogen and oxygen atoms in total. The van der Waals surface area contributed by atoms with Crippen LogP contribution in [0.4, 0.5) is 30.7 Å². The molecule has 2 aromatic rings. The van der Waals surface area contributed by atoms with Crippen LogP contribution in [0.5, 0.6) is 0 Å². The molecule has 0 aliphatic heterocycles. The maximum Gasteiger partial charge on any atom is 0.460 e. The van der Waals surface area contributed by atoms with Gasteiger partial charge in [0.25, 0.3) is 0 Å². The summed E-state index contributed by atoms with van der Waals surface area (Å²) in [6.45, 7) is 3.09. The monoisotopic (exact) mass is 366 g/mol. The van der Waals surface area contributed by atoms with Gasteiger partial charge in [-0.1, -0.05) is 44.2 Å². The lowest BCUT2D eigenvalue weighted by Crippen LogP contribution is -2.50. The van der Waals surface area contributed by atoms with Crippen molar-refractivity contribution in [2.45, 2.75) is 37.8 Å². The average Bonchev–Trinajstić information content (AvgIpc) is 2.54. The van der Waals surface area contributed by atoms with Crippen molar-refractivity contribution in [2.75, 3.05) is 0 Å². The molecule has 0 aliphatic carbocycles. The zero-order valence-electron chi connectivity index (χ0n) is 13.1. The lowest BCUT2D eigenvalue weighted by Gasteiger charge is -2.28. The first-order chi connectivity index (χ1) is 11.4. The molecule has 0 aliphatic rings. The Morgan fingerprint density at radius 2 is 1.40 bits per heavy atom. The standard InChI is InChI=1S/C16H13F7N2/c1-9(2)11-8-12(14(17,18)15(19,20)16(21,22)23)25-13(24-11)10-6-4-3-5-7-10/h3-9H,1-2H3. The molecule has 136 valence electrons. The fraction of sp³-hybridized carbons (Fsp3) is 0.375. The van der Waals surface area contributed by atoms with Gasteiger partial charge in [-0.15, -0.1) is 0 Å². The van der Waals surface area contributed by atoms with Crippen LogP contribution in [-0.2, 0) is 5.92 Å². The Labute approximate surface area is 138 Å². The normalized spacial score (nSPS) is 13.4. The van der Waals surface area contributed by atoms with Crippen molar-refractivity contribution in [3.05, 3.63) is 47.8 Å². The third-order valence-corrected chi connectivity index (χ3v) is 3.44. The molecule has 25 heavy (non-hydrogen) atoms. The minimum absolute atomic E-state index is 0.0681. The quantitative estimate of drug-likeness (QED) is 0.663. The zero-order chi connectivity index (χ0) is 19.0. The average molecular weight is 366 g/mol. The van der Waals surface area contributed by atoms with Gasteiger partial charge in [0.05, 0.1) is 0 Å². The highest BCUT2D eigenvalue weighted by atomic mass is 19.4. The summed E-state index contributed by atoms with van der Waals surface area (Å²) in [7, 11) is 0. The van der Waals surface area contributed by atoms with E-state index in [1.54, 1.807) is 19.9 Å². The van der Waals surface area contributed by atoms with Crippen LogP contribution in [0, 0.1) is 0 Å². The van der Waals surface area contributed by atoms with E-state index in [1.807, 2.05) is 0 Å². The van der Waals surface area contributed by atoms with Crippen LogP contribution in [0.25, 0.3) is 11.4 Å². The molecule has 0 spiro atoms. The van der Waals surface area contributed by atoms with Gasteiger partial charge in [0.15, 0.2) is 5.82 Å². The van der Waals surface area contributed by atoms with Gasteiger partial charge < -0.3 is 0 Å². The van der Waals surface area contributed by atoms with E-state index in [0.717, 1.165) is 0 Å². The lowest BCUT2D eigenvalue weighted by atomic mass is 10.0. The van der Waals surface area contributed by atoms with E-state index in [0.29, 0.717) is 6.07 Å². The Morgan fingerprint density at radius 3 is 1.88 bits per heavy atom. The van der Waals surface area contributed by atoms with E-state index >= 15 is 0 Å². The number of halogens is 7. The van der Waals surface area contributed by atoms with Crippen molar-refractivity contribution in [2.24, 2.45) is 0 Å². The molecule has 0 radical (unpaired) electrons. The molecule has 2 rings (SSSR count). The van der Waals surface area contributed by atoms with E-state index in [2.05, 4.69) is 9.97 Å². The first-order valence-electron chi connectivity index (χ1n) is 7.15. The first-order valence-corrected chi connectivity index (χ1v) is 7.15. The summed E-state index contributed by atoms with van der Waals surface area (Å²) in [5, 5.41) is 0. The second kappa shape index (κ2) is 6.27. The van der Waals surface area contributed by atoms with Crippen LogP contribution >= 0.6 is 0 Å². The fourth-order valence-corrected chi connectivity index (χ4v) is 1.98. The summed E-state index contributed by atoms with van der Waals surface area (Å²) in [6.07, 6.45) is -6.42. The van der Waals surface area contributed by atoms with Gasteiger partial charge >= 0.3 is 18.0 Å². The number of rotatable bonds is 4. The number of aromatic nitrogens is 2. The highest BCUT2D eigenvalue weighted by Gasteiger charge is 2.74. The molecule has 0 saturated heterocycles. The van der Waals surface area contributed by atoms with Crippen LogP contribution in [0.15, 0.2) is 36.4 Å². The summed E-state index contributed by atoms with van der Waals surface area (Å²) in [5.41, 5.74) is -1.52. The first kappa shape index (κ1) is 19.1. The maximum absolute atomic E-state index is 14.0. The molecule has 9 heteroatoms. The SMILES string of the molecule is CC(C)c1cc(C(F)(F)C(F)(F)C(F)(F)F)nc(-c2ccccc2)n1. The Morgan fingerprint density at radius 1 is 0.840 bits per heavy atom. The summed E-state index contributed by atoms with van der Waals surface area (Å²) in [6, 6.07) is 8.03. The number of hydrogen-bond donors (Lipinski definition) is 0. The predicted molar refractivity (Wildman–Crippen MR) is 76.5 cm³/mol. The zero-order valence-corrected chi connectivity index (χ0v) is 13.1. The molecule has 0 saturated carbocycles. The third-order valence-electron chi connectivity index (χ3n) is 3.44. The van der Waals surface area contributed by atoms with E-state index in [9.17, 15) is 30.7 Å². The molecule has 0 amide bonds. The van der Waals surface area contributed by atoms with E-state index < -0.39 is 29.6 Å². The summed E-state index contributed by atoms with van der Waals surface area (Å²) < 4.78 is 91.9. The molecule has 1 aromatic carbocycles. The Bertz CT molecular complexity index is 740. The minimum atomic E-state index is -6.42. The third kappa shape index (κ3) is 3.45. The molecular formula is C16H13F7N2. The van der Waals surface area contributed by atoms with E-state index in [4.69, 9.17) is 0 Å². The highest BCUT2D eigenvalue weighted by Crippen LogP contribution is 2.51. The second-order valence-corrected chi connectivity index (χ2v) is 5.67. The summed E-state index contributed by atoms with van der Waals surface area (Å²) in [5.74, 6) is -12.6. The molecule has 0 atom stereocenters. The van der Waals surface area contributed by atoms with Gasteiger partial charge in [-0.3, -0.25) is 0 Å². The Hall–Kier alpha value is -2.19. The van der Waals surface area contributed by atoms with Crippen LogP contribution in [0.3, 0.4) is 0 Å². The van der Waals surface area contributed by atoms with Crippen LogP contribution in [0.2, 0.25) is 0 Å². The lowest BCUT2D eigenvalue weighted by molar-refractivity contribution is -0.360. The van der Waals surface area contributed by atoms with Gasteiger partial charge in [0.1, 0.15) is 5.69 Å². The molecule has 0 fully saturated rings. The Kier molecular flexibility index (Phi) is 4.80. The Balaban J connectivity index is 2.67. The van der Waals surface area contributed by atoms with Crippen molar-refractivity contribution in [3.63, 3.8) is 0 Å². The van der Waals surface area contributed by atoms with Gasteiger partial charge in [0.2, 0.25) is 0 Å². The van der Waals surface area contributed by atoms with Crippen LogP contribution in [0.1, 0.15) is 31.2 Å². The molecule has 1 aromatic heterocycles. The van der Waals surface area contributed by atoms with Gasteiger partial charge in [-0.05, 0) is 12.0 Å². The minimum Gasteiger partial charge on any atom is -0.233 e. The largest absolute Gasteiger partial charge is 0.460 e.